The molecule has 0 spiro atoms. The van der Waals surface area contributed by atoms with E-state index in [0.717, 1.165) is 12.1 Å². The predicted molar refractivity (Wildman–Crippen MR) is 67.4 cm³/mol. The number of nitrogens with zero attached hydrogens (tertiary/aromatic N) is 2. The molecule has 0 radical (unpaired) electrons. The van der Waals surface area contributed by atoms with Crippen LogP contribution in [0.2, 0.25) is 0 Å². The molecule has 1 aromatic carbocycles. The highest BCUT2D eigenvalue weighted by atomic mass is 16.6. The minimum absolute atomic E-state index is 0.0481. The molecule has 0 fully saturated rings. The number of anilines is 1. The Morgan fingerprint density at radius 2 is 2.32 bits per heavy atom. The molecule has 19 heavy (non-hydrogen) atoms. The van der Waals surface area contributed by atoms with Crippen molar-refractivity contribution >= 4 is 17.3 Å². The summed E-state index contributed by atoms with van der Waals surface area (Å²) in [7, 11) is 0. The Bertz CT molecular complexity index is 536. The summed E-state index contributed by atoms with van der Waals surface area (Å²) in [5, 5.41) is 31.3. The number of carbonyl (C=O) groups is 1. The van der Waals surface area contributed by atoms with E-state index in [9.17, 15) is 20.0 Å². The fourth-order valence-electron chi connectivity index (χ4n) is 1.50. The normalized spacial score (nSPS) is 11.4. The fourth-order valence-corrected chi connectivity index (χ4v) is 1.50. The molecule has 0 aromatic heterocycles. The largest absolute Gasteiger partial charge is 0.506 e. The lowest BCUT2D eigenvalue weighted by Crippen LogP contribution is -2.21. The first-order valence-corrected chi connectivity index (χ1v) is 5.67. The molecule has 0 heterocycles. The quantitative estimate of drug-likeness (QED) is 0.479. The van der Waals surface area contributed by atoms with Gasteiger partial charge >= 0.3 is 0 Å². The zero-order valence-electron chi connectivity index (χ0n) is 10.3. The zero-order valence-corrected chi connectivity index (χ0v) is 10.3. The number of nitro groups is 1. The highest BCUT2D eigenvalue weighted by Crippen LogP contribution is 2.28. The number of nitrogens with one attached hydrogen (secondary N) is 1. The standard InChI is InChI=1S/C12H13N3O4/c1-2-3-8(7-13)12(17)14-10-5-4-9(15(18)19)6-11(10)16/h4-6,8,16H,2-3H2,1H3,(H,14,17). The van der Waals surface area contributed by atoms with Crippen molar-refractivity contribution in [3.63, 3.8) is 0 Å². The lowest BCUT2D eigenvalue weighted by Gasteiger charge is -2.10. The molecule has 0 saturated heterocycles. The lowest BCUT2D eigenvalue weighted by molar-refractivity contribution is -0.384. The van der Waals surface area contributed by atoms with Crippen molar-refractivity contribution in [2.45, 2.75) is 19.8 Å². The molecule has 0 aliphatic heterocycles. The van der Waals surface area contributed by atoms with Crippen LogP contribution >= 0.6 is 0 Å². The van der Waals surface area contributed by atoms with Crippen LogP contribution in [0.15, 0.2) is 18.2 Å². The van der Waals surface area contributed by atoms with Crippen LogP contribution in [-0.4, -0.2) is 15.9 Å². The van der Waals surface area contributed by atoms with Crippen molar-refractivity contribution in [2.75, 3.05) is 5.32 Å². The third-order valence-electron chi connectivity index (χ3n) is 2.50. The molecule has 1 amide bonds. The summed E-state index contributed by atoms with van der Waals surface area (Å²) in [5.74, 6) is -1.75. The number of hydrogen-bond acceptors (Lipinski definition) is 5. The second-order valence-corrected chi connectivity index (χ2v) is 3.92. The van der Waals surface area contributed by atoms with E-state index in [1.165, 1.54) is 6.07 Å². The van der Waals surface area contributed by atoms with Gasteiger partial charge in [0.15, 0.2) is 0 Å². The Morgan fingerprint density at radius 3 is 2.79 bits per heavy atom. The topological polar surface area (TPSA) is 116 Å². The van der Waals surface area contributed by atoms with Gasteiger partial charge in [-0.15, -0.1) is 0 Å². The van der Waals surface area contributed by atoms with Gasteiger partial charge in [-0.1, -0.05) is 13.3 Å². The van der Waals surface area contributed by atoms with Gasteiger partial charge < -0.3 is 10.4 Å². The zero-order chi connectivity index (χ0) is 14.4. The van der Waals surface area contributed by atoms with Gasteiger partial charge in [-0.05, 0) is 12.5 Å². The minimum atomic E-state index is -0.806. The van der Waals surface area contributed by atoms with E-state index in [-0.39, 0.29) is 11.4 Å². The Labute approximate surface area is 109 Å². The van der Waals surface area contributed by atoms with E-state index in [2.05, 4.69) is 5.32 Å². The smallest absolute Gasteiger partial charge is 0.273 e. The number of nitriles is 1. The van der Waals surface area contributed by atoms with Crippen LogP contribution in [0, 0.1) is 27.4 Å². The van der Waals surface area contributed by atoms with Crippen molar-refractivity contribution in [3.05, 3.63) is 28.3 Å². The number of benzene rings is 1. The van der Waals surface area contributed by atoms with Crippen LogP contribution in [0.1, 0.15) is 19.8 Å². The van der Waals surface area contributed by atoms with Crippen molar-refractivity contribution in [1.82, 2.24) is 0 Å². The Morgan fingerprint density at radius 1 is 1.63 bits per heavy atom. The maximum Gasteiger partial charge on any atom is 0.273 e. The number of amides is 1. The van der Waals surface area contributed by atoms with Crippen LogP contribution in [0.5, 0.6) is 5.75 Å². The van der Waals surface area contributed by atoms with E-state index in [0.29, 0.717) is 12.8 Å². The van der Waals surface area contributed by atoms with E-state index in [1.807, 2.05) is 13.0 Å². The monoisotopic (exact) mass is 263 g/mol. The van der Waals surface area contributed by atoms with Crippen molar-refractivity contribution in [1.29, 1.82) is 5.26 Å². The molecule has 1 aromatic rings. The van der Waals surface area contributed by atoms with E-state index in [4.69, 9.17) is 5.26 Å². The lowest BCUT2D eigenvalue weighted by atomic mass is 10.0. The van der Waals surface area contributed by atoms with Crippen LogP contribution in [-0.2, 0) is 4.79 Å². The van der Waals surface area contributed by atoms with Crippen LogP contribution in [0.25, 0.3) is 0 Å². The van der Waals surface area contributed by atoms with Crippen LogP contribution in [0.3, 0.4) is 0 Å². The molecule has 0 aliphatic carbocycles. The van der Waals surface area contributed by atoms with Crippen LogP contribution < -0.4 is 5.32 Å². The molecular formula is C12H13N3O4. The molecule has 7 nitrogen and oxygen atoms in total. The number of carbonyl (C=O) groups excluding carboxylic acids is 1. The number of non-ortho nitro benzene ring substituents is 1. The maximum atomic E-state index is 11.7. The number of phenols is 1. The minimum Gasteiger partial charge on any atom is -0.506 e. The van der Waals surface area contributed by atoms with Gasteiger partial charge in [-0.25, -0.2) is 0 Å². The van der Waals surface area contributed by atoms with Crippen molar-refractivity contribution in [3.8, 4) is 11.8 Å². The van der Waals surface area contributed by atoms with Gasteiger partial charge in [0.2, 0.25) is 5.91 Å². The van der Waals surface area contributed by atoms with E-state index in [1.54, 1.807) is 0 Å². The number of phenolic OH excluding ortho intramolecular Hbond substituents is 1. The fraction of sp³-hybridized carbons (Fsp3) is 0.333. The number of aromatic hydroxyl groups is 1. The molecule has 100 valence electrons. The van der Waals surface area contributed by atoms with Gasteiger partial charge in [0.1, 0.15) is 11.7 Å². The average Bonchev–Trinajstić information content (AvgIpc) is 2.37. The second-order valence-electron chi connectivity index (χ2n) is 3.92. The summed E-state index contributed by atoms with van der Waals surface area (Å²) in [6, 6.07) is 5.20. The summed E-state index contributed by atoms with van der Waals surface area (Å²) >= 11 is 0. The molecule has 1 atom stereocenters. The highest BCUT2D eigenvalue weighted by Gasteiger charge is 2.19. The molecular weight excluding hydrogens is 250 g/mol. The summed E-state index contributed by atoms with van der Waals surface area (Å²) in [6.07, 6.45) is 1.09. The molecule has 2 N–H and O–H groups in total. The van der Waals surface area contributed by atoms with Crippen molar-refractivity contribution in [2.24, 2.45) is 5.92 Å². The first-order valence-electron chi connectivity index (χ1n) is 5.67. The summed E-state index contributed by atoms with van der Waals surface area (Å²) in [4.78, 5) is 21.6. The molecule has 0 saturated carbocycles. The molecule has 7 heteroatoms. The Balaban J connectivity index is 2.86. The summed E-state index contributed by atoms with van der Waals surface area (Å²) < 4.78 is 0. The average molecular weight is 263 g/mol. The van der Waals surface area contributed by atoms with E-state index < -0.39 is 22.5 Å². The molecule has 1 rings (SSSR count). The maximum absolute atomic E-state index is 11.7. The highest BCUT2D eigenvalue weighted by molar-refractivity contribution is 5.95. The molecule has 0 bridgehead atoms. The SMILES string of the molecule is CCCC(C#N)C(=O)Nc1ccc([N+](=O)[O-])cc1O. The molecule has 1 unspecified atom stereocenters. The Hall–Kier alpha value is -2.62. The third-order valence-corrected chi connectivity index (χ3v) is 2.50. The Kier molecular flexibility index (Phi) is 4.83. The number of rotatable bonds is 5. The summed E-state index contributed by atoms with van der Waals surface area (Å²) in [6.45, 7) is 1.85. The van der Waals surface area contributed by atoms with E-state index >= 15 is 0 Å². The molecule has 0 aliphatic rings. The van der Waals surface area contributed by atoms with Gasteiger partial charge in [0.25, 0.3) is 5.69 Å². The van der Waals surface area contributed by atoms with Gasteiger partial charge in [0.05, 0.1) is 22.7 Å². The number of nitro benzene ring substituents is 1. The van der Waals surface area contributed by atoms with Gasteiger partial charge in [-0.2, -0.15) is 5.26 Å². The first kappa shape index (κ1) is 14.4. The van der Waals surface area contributed by atoms with Crippen molar-refractivity contribution < 1.29 is 14.8 Å². The third kappa shape index (κ3) is 3.67. The predicted octanol–water partition coefficient (Wildman–Crippen LogP) is 2.18. The summed E-state index contributed by atoms with van der Waals surface area (Å²) in [5.41, 5.74) is -0.229. The van der Waals surface area contributed by atoms with Crippen LogP contribution in [0.4, 0.5) is 11.4 Å². The second kappa shape index (κ2) is 6.35. The first-order chi connectivity index (χ1) is 8.99. The van der Waals surface area contributed by atoms with Gasteiger partial charge in [0, 0.05) is 6.07 Å². The number of hydrogen-bond donors (Lipinski definition) is 2. The van der Waals surface area contributed by atoms with Gasteiger partial charge in [-0.3, -0.25) is 14.9 Å².